The van der Waals surface area contributed by atoms with Crippen LogP contribution in [0.15, 0.2) is 12.4 Å². The SMILES string of the molecule is CCCCCCCCCCCCCCCn1cc[n+](CCCCCCCCCCCCC)c1CCCCCCCCCCCC. The molecular formula is C43H85N2+. The number of rotatable bonds is 37. The highest BCUT2D eigenvalue weighted by Gasteiger charge is 2.16. The van der Waals surface area contributed by atoms with E-state index in [2.05, 4.69) is 42.3 Å². The number of nitrogens with zero attached hydrogens (tertiary/aromatic N) is 2. The van der Waals surface area contributed by atoms with E-state index in [0.29, 0.717) is 0 Å². The molecule has 0 N–H and O–H groups in total. The second-order valence-corrected chi connectivity index (χ2v) is 14.8. The molecule has 0 spiro atoms. The summed E-state index contributed by atoms with van der Waals surface area (Å²) in [6, 6.07) is 0. The number of hydrogen-bond acceptors (Lipinski definition) is 0. The van der Waals surface area contributed by atoms with Crippen LogP contribution in [0.4, 0.5) is 0 Å². The van der Waals surface area contributed by atoms with Gasteiger partial charge in [0, 0.05) is 6.42 Å². The van der Waals surface area contributed by atoms with E-state index >= 15 is 0 Å². The van der Waals surface area contributed by atoms with Gasteiger partial charge in [-0.3, -0.25) is 0 Å². The fourth-order valence-electron chi connectivity index (χ4n) is 7.21. The molecule has 2 nitrogen and oxygen atoms in total. The summed E-state index contributed by atoms with van der Waals surface area (Å²) in [6.07, 6.45) is 54.8. The van der Waals surface area contributed by atoms with Gasteiger partial charge in [-0.15, -0.1) is 0 Å². The van der Waals surface area contributed by atoms with Gasteiger partial charge in [-0.05, 0) is 32.1 Å². The minimum absolute atomic E-state index is 1.23. The van der Waals surface area contributed by atoms with Crippen LogP contribution in [-0.4, -0.2) is 4.57 Å². The molecule has 0 aromatic carbocycles. The Morgan fingerprint density at radius 3 is 1.07 bits per heavy atom. The van der Waals surface area contributed by atoms with Gasteiger partial charge in [-0.1, -0.05) is 207 Å². The topological polar surface area (TPSA) is 8.81 Å². The Bertz CT molecular complexity index is 692. The lowest BCUT2D eigenvalue weighted by atomic mass is 10.0. The second-order valence-electron chi connectivity index (χ2n) is 14.8. The van der Waals surface area contributed by atoms with E-state index in [9.17, 15) is 0 Å². The van der Waals surface area contributed by atoms with E-state index in [4.69, 9.17) is 0 Å². The Morgan fingerprint density at radius 1 is 0.378 bits per heavy atom. The van der Waals surface area contributed by atoms with Gasteiger partial charge in [-0.2, -0.15) is 0 Å². The zero-order valence-electron chi connectivity index (χ0n) is 31.7. The first kappa shape index (κ1) is 42.2. The smallest absolute Gasteiger partial charge is 0.234 e. The van der Waals surface area contributed by atoms with Crippen LogP contribution in [0.2, 0.25) is 0 Å². The zero-order chi connectivity index (χ0) is 32.3. The molecule has 0 aliphatic carbocycles. The van der Waals surface area contributed by atoms with Crippen molar-refractivity contribution >= 4 is 0 Å². The molecule has 1 aromatic rings. The number of imidazole rings is 1. The van der Waals surface area contributed by atoms with E-state index < -0.39 is 0 Å². The first-order valence-electron chi connectivity index (χ1n) is 21.4. The minimum atomic E-state index is 1.23. The van der Waals surface area contributed by atoms with Crippen LogP contribution in [0.5, 0.6) is 0 Å². The molecule has 0 radical (unpaired) electrons. The molecule has 1 aromatic heterocycles. The Balaban J connectivity index is 2.29. The fourth-order valence-corrected chi connectivity index (χ4v) is 7.21. The van der Waals surface area contributed by atoms with Gasteiger partial charge in [0.05, 0.1) is 13.1 Å². The maximum Gasteiger partial charge on any atom is 0.256 e. The molecule has 0 amide bonds. The number of aryl methyl sites for hydroxylation is 2. The van der Waals surface area contributed by atoms with Gasteiger partial charge >= 0.3 is 0 Å². The van der Waals surface area contributed by atoms with Crippen molar-refractivity contribution in [2.75, 3.05) is 0 Å². The molecule has 2 heteroatoms. The van der Waals surface area contributed by atoms with E-state index in [0.717, 1.165) is 0 Å². The highest BCUT2D eigenvalue weighted by Crippen LogP contribution is 2.16. The van der Waals surface area contributed by atoms with Crippen LogP contribution in [-0.2, 0) is 19.5 Å². The van der Waals surface area contributed by atoms with Crippen LogP contribution in [0.1, 0.15) is 245 Å². The van der Waals surface area contributed by atoms with Crippen molar-refractivity contribution in [2.24, 2.45) is 0 Å². The molecule has 0 unspecified atom stereocenters. The van der Waals surface area contributed by atoms with Crippen molar-refractivity contribution in [1.29, 1.82) is 0 Å². The van der Waals surface area contributed by atoms with Crippen LogP contribution < -0.4 is 4.57 Å². The van der Waals surface area contributed by atoms with E-state index in [1.54, 1.807) is 5.82 Å². The summed E-state index contributed by atoms with van der Waals surface area (Å²) in [5.41, 5.74) is 0. The molecule has 0 aliphatic rings. The quantitative estimate of drug-likeness (QED) is 0.0511. The lowest BCUT2D eigenvalue weighted by Crippen LogP contribution is -2.37. The third-order valence-electron chi connectivity index (χ3n) is 10.3. The zero-order valence-corrected chi connectivity index (χ0v) is 31.7. The number of unbranched alkanes of at least 4 members (excludes halogenated alkanes) is 31. The molecule has 266 valence electrons. The molecule has 0 bridgehead atoms. The molecule has 0 saturated heterocycles. The highest BCUT2D eigenvalue weighted by molar-refractivity contribution is 4.84. The summed E-state index contributed by atoms with van der Waals surface area (Å²) >= 11 is 0. The maximum absolute atomic E-state index is 2.64. The van der Waals surface area contributed by atoms with Crippen molar-refractivity contribution < 1.29 is 4.57 Å². The molecule has 0 atom stereocenters. The molecule has 0 fully saturated rings. The Morgan fingerprint density at radius 2 is 0.689 bits per heavy atom. The average Bonchev–Trinajstić information content (AvgIpc) is 3.43. The molecule has 0 aliphatic heterocycles. The minimum Gasteiger partial charge on any atom is -0.234 e. The Labute approximate surface area is 285 Å². The van der Waals surface area contributed by atoms with E-state index in [-0.39, 0.29) is 0 Å². The third kappa shape index (κ3) is 26.9. The summed E-state index contributed by atoms with van der Waals surface area (Å²) < 4.78 is 5.29. The predicted octanol–water partition coefficient (Wildman–Crippen LogP) is 14.6. The first-order valence-corrected chi connectivity index (χ1v) is 21.4. The predicted molar refractivity (Wildman–Crippen MR) is 202 cm³/mol. The Hall–Kier alpha value is -0.790. The van der Waals surface area contributed by atoms with Gasteiger partial charge < -0.3 is 0 Å². The summed E-state index contributed by atoms with van der Waals surface area (Å²) in [5, 5.41) is 0. The van der Waals surface area contributed by atoms with E-state index in [1.807, 2.05) is 0 Å². The molecule has 1 heterocycles. The maximum atomic E-state index is 2.64. The molecular weight excluding hydrogens is 544 g/mol. The van der Waals surface area contributed by atoms with Gasteiger partial charge in [0.2, 0.25) is 0 Å². The fraction of sp³-hybridized carbons (Fsp3) is 0.930. The van der Waals surface area contributed by atoms with Crippen molar-refractivity contribution in [3.8, 4) is 0 Å². The van der Waals surface area contributed by atoms with Crippen LogP contribution in [0.25, 0.3) is 0 Å². The normalized spacial score (nSPS) is 11.6. The van der Waals surface area contributed by atoms with Crippen LogP contribution in [0, 0.1) is 0 Å². The van der Waals surface area contributed by atoms with Crippen LogP contribution in [0.3, 0.4) is 0 Å². The summed E-state index contributed by atoms with van der Waals surface area (Å²) in [5.74, 6) is 1.63. The van der Waals surface area contributed by atoms with Crippen molar-refractivity contribution in [3.63, 3.8) is 0 Å². The standard InChI is InChI=1S/C43H85N2/c1-4-7-10-13-16-19-22-23-25-28-31-34-37-40-45-42-41-44(39-36-33-30-27-24-20-17-14-11-8-5-2)43(45)38-35-32-29-26-21-18-15-12-9-6-3/h41-42H,4-40H2,1-3H3/q+1. The lowest BCUT2D eigenvalue weighted by molar-refractivity contribution is -0.704. The van der Waals surface area contributed by atoms with E-state index in [1.165, 1.54) is 238 Å². The first-order chi connectivity index (χ1) is 22.3. The van der Waals surface area contributed by atoms with Gasteiger partial charge in [0.1, 0.15) is 12.4 Å². The van der Waals surface area contributed by atoms with Crippen molar-refractivity contribution in [3.05, 3.63) is 18.2 Å². The van der Waals surface area contributed by atoms with Gasteiger partial charge in [-0.25, -0.2) is 9.13 Å². The molecule has 0 saturated carbocycles. The van der Waals surface area contributed by atoms with Gasteiger partial charge in [0.15, 0.2) is 0 Å². The van der Waals surface area contributed by atoms with Gasteiger partial charge in [0.25, 0.3) is 5.82 Å². The second kappa shape index (κ2) is 34.5. The summed E-state index contributed by atoms with van der Waals surface area (Å²) in [6.45, 7) is 9.41. The molecule has 1 rings (SSSR count). The summed E-state index contributed by atoms with van der Waals surface area (Å²) in [4.78, 5) is 0. The monoisotopic (exact) mass is 630 g/mol. The van der Waals surface area contributed by atoms with Crippen molar-refractivity contribution in [1.82, 2.24) is 4.57 Å². The lowest BCUT2D eigenvalue weighted by Gasteiger charge is -2.07. The number of hydrogen-bond donors (Lipinski definition) is 0. The Kier molecular flexibility index (Phi) is 32.4. The average molecular weight is 630 g/mol. The summed E-state index contributed by atoms with van der Waals surface area (Å²) in [7, 11) is 0. The third-order valence-corrected chi connectivity index (χ3v) is 10.3. The largest absolute Gasteiger partial charge is 0.256 e. The van der Waals surface area contributed by atoms with Crippen molar-refractivity contribution in [2.45, 2.75) is 259 Å². The highest BCUT2D eigenvalue weighted by atomic mass is 15.1. The number of aromatic nitrogens is 2. The van der Waals surface area contributed by atoms with Crippen LogP contribution >= 0.6 is 0 Å². The molecule has 45 heavy (non-hydrogen) atoms.